The third-order valence-electron chi connectivity index (χ3n) is 6.01. The van der Waals surface area contributed by atoms with E-state index in [0.29, 0.717) is 22.1 Å². The van der Waals surface area contributed by atoms with E-state index in [1.807, 2.05) is 79.7 Å². The van der Waals surface area contributed by atoms with Crippen molar-refractivity contribution < 1.29 is 14.3 Å². The molecule has 0 aliphatic rings. The van der Waals surface area contributed by atoms with Crippen molar-refractivity contribution in [1.29, 1.82) is 0 Å². The van der Waals surface area contributed by atoms with Crippen LogP contribution in [0.5, 0.6) is 0 Å². The number of rotatable bonds is 7. The van der Waals surface area contributed by atoms with Crippen LogP contribution in [0.15, 0.2) is 102 Å². The molecule has 8 heteroatoms. The number of halogens is 2. The fourth-order valence-corrected chi connectivity index (χ4v) is 4.37. The van der Waals surface area contributed by atoms with Gasteiger partial charge in [0.2, 0.25) is 0 Å². The Hall–Kier alpha value is -4.07. The molecule has 0 bridgehead atoms. The molecule has 0 saturated heterocycles. The summed E-state index contributed by atoms with van der Waals surface area (Å²) < 4.78 is 7.78. The van der Waals surface area contributed by atoms with Crippen molar-refractivity contribution in [3.63, 3.8) is 0 Å². The van der Waals surface area contributed by atoms with Gasteiger partial charge in [-0.1, -0.05) is 100 Å². The van der Waals surface area contributed by atoms with E-state index in [-0.39, 0.29) is 11.6 Å². The lowest BCUT2D eigenvalue weighted by atomic mass is 10.0. The predicted molar refractivity (Wildman–Crippen MR) is 151 cm³/mol. The topological polar surface area (TPSA) is 74.1 Å². The van der Waals surface area contributed by atoms with E-state index in [0.717, 1.165) is 26.7 Å². The van der Waals surface area contributed by atoms with Gasteiger partial charge in [0.1, 0.15) is 0 Å². The number of carbonyl (C=O) groups excluding carboxylic acids is 2. The summed E-state index contributed by atoms with van der Waals surface area (Å²) in [5.74, 6) is -0.834. The first-order chi connectivity index (χ1) is 18.4. The molecule has 6 nitrogen and oxygen atoms in total. The first kappa shape index (κ1) is 25.6. The third kappa shape index (κ3) is 5.44. The van der Waals surface area contributed by atoms with E-state index in [9.17, 15) is 9.59 Å². The molecule has 5 rings (SSSR count). The number of Topliss-reactive ketones (excluding diaryl/α,β-unsaturated/α-hetero) is 1. The van der Waals surface area contributed by atoms with Crippen LogP contribution < -0.4 is 0 Å². The minimum atomic E-state index is -0.795. The first-order valence-electron chi connectivity index (χ1n) is 11.7. The molecule has 0 radical (unpaired) electrons. The number of ketones is 1. The van der Waals surface area contributed by atoms with Crippen molar-refractivity contribution in [1.82, 2.24) is 14.8 Å². The number of esters is 1. The largest absolute Gasteiger partial charge is 0.451 e. The van der Waals surface area contributed by atoms with Gasteiger partial charge in [-0.15, -0.1) is 5.10 Å². The van der Waals surface area contributed by atoms with E-state index >= 15 is 0 Å². The second kappa shape index (κ2) is 11.1. The van der Waals surface area contributed by atoms with Crippen LogP contribution in [0.3, 0.4) is 0 Å². The lowest BCUT2D eigenvalue weighted by Gasteiger charge is -2.10. The number of hydrogen-bond donors (Lipinski definition) is 0. The molecular weight excluding hydrogens is 566 g/mol. The molecule has 0 fully saturated rings. The standard InChI is InChI=1S/C30H21BrClN3O3/c1-19-25(32)8-5-9-26(19)35-29(23-14-16-24(31)17-15-23)33-28(34-35)30(37)38-18-27(36)22-12-10-21(11-13-22)20-6-3-2-4-7-20/h2-17H,18H2,1H3. The molecule has 0 aliphatic carbocycles. The molecule has 0 aliphatic heterocycles. The van der Waals surface area contributed by atoms with E-state index in [4.69, 9.17) is 16.3 Å². The molecule has 0 N–H and O–H groups in total. The predicted octanol–water partition coefficient (Wildman–Crippen LogP) is 7.37. The summed E-state index contributed by atoms with van der Waals surface area (Å²) in [7, 11) is 0. The zero-order valence-electron chi connectivity index (χ0n) is 20.3. The zero-order chi connectivity index (χ0) is 26.6. The van der Waals surface area contributed by atoms with Crippen molar-refractivity contribution in [3.8, 4) is 28.2 Å². The normalized spacial score (nSPS) is 10.8. The summed E-state index contributed by atoms with van der Waals surface area (Å²) in [5, 5.41) is 4.99. The molecule has 38 heavy (non-hydrogen) atoms. The van der Waals surface area contributed by atoms with Gasteiger partial charge in [0.05, 0.1) is 5.69 Å². The Balaban J connectivity index is 1.37. The summed E-state index contributed by atoms with van der Waals surface area (Å²) in [6, 6.07) is 29.9. The Kier molecular flexibility index (Phi) is 7.49. The molecule has 1 aromatic heterocycles. The maximum atomic E-state index is 12.9. The zero-order valence-corrected chi connectivity index (χ0v) is 22.6. The molecule has 1 heterocycles. The van der Waals surface area contributed by atoms with Crippen LogP contribution in [-0.4, -0.2) is 33.1 Å². The fraction of sp³-hybridized carbons (Fsp3) is 0.0667. The lowest BCUT2D eigenvalue weighted by Crippen LogP contribution is -2.15. The van der Waals surface area contributed by atoms with Crippen molar-refractivity contribution in [2.75, 3.05) is 6.61 Å². The number of ether oxygens (including phenoxy) is 1. The smallest absolute Gasteiger partial charge is 0.378 e. The Morgan fingerprint density at radius 2 is 1.50 bits per heavy atom. The van der Waals surface area contributed by atoms with Crippen molar-refractivity contribution in [2.45, 2.75) is 6.92 Å². The van der Waals surface area contributed by atoms with Gasteiger partial charge in [0, 0.05) is 20.6 Å². The number of benzene rings is 4. The van der Waals surface area contributed by atoms with Crippen LogP contribution >= 0.6 is 27.5 Å². The molecule has 0 atom stereocenters. The highest BCUT2D eigenvalue weighted by Crippen LogP contribution is 2.28. The van der Waals surface area contributed by atoms with Gasteiger partial charge >= 0.3 is 5.97 Å². The Morgan fingerprint density at radius 3 is 2.21 bits per heavy atom. The highest BCUT2D eigenvalue weighted by molar-refractivity contribution is 9.10. The van der Waals surface area contributed by atoms with E-state index in [2.05, 4.69) is 26.0 Å². The highest BCUT2D eigenvalue weighted by Gasteiger charge is 2.22. The minimum absolute atomic E-state index is 0.158. The van der Waals surface area contributed by atoms with E-state index in [1.165, 1.54) is 0 Å². The number of aromatic nitrogens is 3. The fourth-order valence-electron chi connectivity index (χ4n) is 3.94. The first-order valence-corrected chi connectivity index (χ1v) is 12.9. The Bertz CT molecular complexity index is 1620. The van der Waals surface area contributed by atoms with Crippen molar-refractivity contribution >= 4 is 39.3 Å². The summed E-state index contributed by atoms with van der Waals surface area (Å²) >= 11 is 9.78. The highest BCUT2D eigenvalue weighted by atomic mass is 79.9. The van der Waals surface area contributed by atoms with Gasteiger partial charge in [0.25, 0.3) is 5.82 Å². The van der Waals surface area contributed by atoms with Crippen LogP contribution in [0.1, 0.15) is 26.5 Å². The summed E-state index contributed by atoms with van der Waals surface area (Å²) in [4.78, 5) is 30.1. The second-order valence-corrected chi connectivity index (χ2v) is 9.83. The van der Waals surface area contributed by atoms with Crippen LogP contribution in [0.25, 0.3) is 28.2 Å². The molecule has 0 spiro atoms. The van der Waals surface area contributed by atoms with Gasteiger partial charge < -0.3 is 4.74 Å². The molecular formula is C30H21BrClN3O3. The molecule has 4 aromatic carbocycles. The maximum Gasteiger partial charge on any atom is 0.378 e. The van der Waals surface area contributed by atoms with Gasteiger partial charge in [-0.05, 0) is 47.9 Å². The quantitative estimate of drug-likeness (QED) is 0.147. The number of hydrogen-bond acceptors (Lipinski definition) is 5. The summed E-state index contributed by atoms with van der Waals surface area (Å²) in [6.45, 7) is 1.44. The average Bonchev–Trinajstić information content (AvgIpc) is 3.39. The summed E-state index contributed by atoms with van der Waals surface area (Å²) in [5.41, 5.74) is 4.69. The van der Waals surface area contributed by atoms with Gasteiger partial charge in [-0.25, -0.2) is 14.5 Å². The van der Waals surface area contributed by atoms with Crippen LogP contribution in [0, 0.1) is 6.92 Å². The van der Waals surface area contributed by atoms with Crippen molar-refractivity contribution in [2.24, 2.45) is 0 Å². The Morgan fingerprint density at radius 1 is 0.842 bits per heavy atom. The SMILES string of the molecule is Cc1c(Cl)cccc1-n1nc(C(=O)OCC(=O)c2ccc(-c3ccccc3)cc2)nc1-c1ccc(Br)cc1. The molecule has 188 valence electrons. The minimum Gasteiger partial charge on any atom is -0.451 e. The van der Waals surface area contributed by atoms with Gasteiger partial charge in [-0.2, -0.15) is 0 Å². The van der Waals surface area contributed by atoms with Gasteiger partial charge in [0.15, 0.2) is 18.2 Å². The van der Waals surface area contributed by atoms with E-state index in [1.54, 1.807) is 28.9 Å². The average molecular weight is 587 g/mol. The van der Waals surface area contributed by atoms with Crippen LogP contribution in [-0.2, 0) is 4.74 Å². The molecule has 0 saturated carbocycles. The second-order valence-electron chi connectivity index (χ2n) is 8.50. The summed E-state index contributed by atoms with van der Waals surface area (Å²) in [6.07, 6.45) is 0. The lowest BCUT2D eigenvalue weighted by molar-refractivity contribution is 0.0462. The number of nitrogens with zero attached hydrogens (tertiary/aromatic N) is 3. The molecule has 5 aromatic rings. The van der Waals surface area contributed by atoms with Gasteiger partial charge in [-0.3, -0.25) is 4.79 Å². The Labute approximate surface area is 233 Å². The third-order valence-corrected chi connectivity index (χ3v) is 6.95. The van der Waals surface area contributed by atoms with E-state index < -0.39 is 12.6 Å². The maximum absolute atomic E-state index is 12.9. The number of carbonyl (C=O) groups is 2. The monoisotopic (exact) mass is 585 g/mol. The molecule has 0 amide bonds. The van der Waals surface area contributed by atoms with Crippen LogP contribution in [0.2, 0.25) is 5.02 Å². The van der Waals surface area contributed by atoms with Crippen LogP contribution in [0.4, 0.5) is 0 Å². The van der Waals surface area contributed by atoms with Crippen molar-refractivity contribution in [3.05, 3.63) is 124 Å². The molecule has 0 unspecified atom stereocenters.